The van der Waals surface area contributed by atoms with Crippen LogP contribution in [-0.4, -0.2) is 40.5 Å². The zero-order chi connectivity index (χ0) is 25.5. The van der Waals surface area contributed by atoms with E-state index in [1.54, 1.807) is 43.6 Å². The van der Waals surface area contributed by atoms with Gasteiger partial charge in [-0.2, -0.15) is 5.10 Å². The molecule has 4 rings (SSSR count). The molecular weight excluding hydrogens is 481 g/mol. The summed E-state index contributed by atoms with van der Waals surface area (Å²) in [6.07, 6.45) is 4.54. The number of hydrazone groups is 1. The summed E-state index contributed by atoms with van der Waals surface area (Å²) in [6, 6.07) is 15.0. The zero-order valence-electron chi connectivity index (χ0n) is 19.9. The summed E-state index contributed by atoms with van der Waals surface area (Å²) in [5.41, 5.74) is 6.12. The lowest BCUT2D eigenvalue weighted by Gasteiger charge is -2.31. The number of amides is 2. The van der Waals surface area contributed by atoms with E-state index in [0.717, 1.165) is 24.2 Å². The second-order valence-electron chi connectivity index (χ2n) is 8.73. The van der Waals surface area contributed by atoms with Gasteiger partial charge in [0.2, 0.25) is 5.91 Å². The number of piperidine rings is 1. The number of carbonyl (C=O) groups is 2. The number of carbonyl (C=O) groups excluding carboxylic acids is 2. The van der Waals surface area contributed by atoms with Gasteiger partial charge in [0.1, 0.15) is 5.82 Å². The molecule has 1 aliphatic rings. The molecule has 0 atom stereocenters. The van der Waals surface area contributed by atoms with Gasteiger partial charge < -0.3 is 5.32 Å². The van der Waals surface area contributed by atoms with Crippen LogP contribution in [0.5, 0.6) is 0 Å². The maximum Gasteiger partial charge on any atom is 0.255 e. The number of nitrogens with zero attached hydrogens (tertiary/aromatic N) is 3. The van der Waals surface area contributed by atoms with Crippen LogP contribution in [0.15, 0.2) is 72.1 Å². The average molecular weight is 508 g/mol. The first-order valence-electron chi connectivity index (χ1n) is 11.7. The Balaban J connectivity index is 1.28. The van der Waals surface area contributed by atoms with E-state index >= 15 is 0 Å². The number of halogens is 2. The van der Waals surface area contributed by atoms with Crippen LogP contribution in [0.25, 0.3) is 0 Å². The molecule has 0 aliphatic carbocycles. The monoisotopic (exact) mass is 507 g/mol. The third-order valence-corrected chi connectivity index (χ3v) is 6.53. The fraction of sp³-hybridized carbons (Fsp3) is 0.259. The van der Waals surface area contributed by atoms with E-state index in [4.69, 9.17) is 11.6 Å². The van der Waals surface area contributed by atoms with E-state index in [1.165, 1.54) is 12.1 Å². The van der Waals surface area contributed by atoms with Gasteiger partial charge in [0.05, 0.1) is 5.71 Å². The molecule has 0 saturated carbocycles. The number of benzene rings is 2. The van der Waals surface area contributed by atoms with Gasteiger partial charge in [0.15, 0.2) is 0 Å². The Morgan fingerprint density at radius 3 is 2.56 bits per heavy atom. The van der Waals surface area contributed by atoms with Gasteiger partial charge in [-0.1, -0.05) is 29.8 Å². The number of aromatic nitrogens is 1. The molecule has 1 aliphatic heterocycles. The Morgan fingerprint density at radius 1 is 1.08 bits per heavy atom. The Hall–Kier alpha value is -3.62. The van der Waals surface area contributed by atoms with E-state index in [0.29, 0.717) is 41.4 Å². The van der Waals surface area contributed by atoms with Crippen molar-refractivity contribution in [1.82, 2.24) is 15.3 Å². The molecule has 36 heavy (non-hydrogen) atoms. The highest BCUT2D eigenvalue weighted by Gasteiger charge is 2.25. The predicted molar refractivity (Wildman–Crippen MR) is 138 cm³/mol. The van der Waals surface area contributed by atoms with E-state index < -0.39 is 0 Å². The molecule has 1 aromatic heterocycles. The standard InChI is InChI=1S/C27H27ClFN5O2/c1-18(21-3-2-4-24(15-21)31-26(35)19-7-11-30-12-8-19)32-33-27(36)20-9-13-34(14-10-20)17-22-5-6-23(29)16-25(22)28/h2-8,11-12,15-16,20H,9-10,13-14,17H2,1H3,(H,31,35)(H,33,36)/b32-18-. The first-order valence-corrected chi connectivity index (χ1v) is 12.1. The minimum atomic E-state index is -0.351. The molecular formula is C27H27ClFN5O2. The maximum atomic E-state index is 13.3. The van der Waals surface area contributed by atoms with Crippen molar-refractivity contribution in [2.75, 3.05) is 18.4 Å². The van der Waals surface area contributed by atoms with Gasteiger partial charge >= 0.3 is 0 Å². The molecule has 2 heterocycles. The zero-order valence-corrected chi connectivity index (χ0v) is 20.6. The molecule has 1 saturated heterocycles. The minimum absolute atomic E-state index is 0.115. The molecule has 186 valence electrons. The topological polar surface area (TPSA) is 86.7 Å². The summed E-state index contributed by atoms with van der Waals surface area (Å²) < 4.78 is 13.3. The predicted octanol–water partition coefficient (Wildman–Crippen LogP) is 4.88. The molecule has 7 nitrogen and oxygen atoms in total. The van der Waals surface area contributed by atoms with Crippen LogP contribution in [0.2, 0.25) is 5.02 Å². The lowest BCUT2D eigenvalue weighted by atomic mass is 9.96. The Labute approximate surface area is 214 Å². The van der Waals surface area contributed by atoms with Crippen LogP contribution in [0.1, 0.15) is 41.3 Å². The molecule has 0 bridgehead atoms. The highest BCUT2D eigenvalue weighted by atomic mass is 35.5. The van der Waals surface area contributed by atoms with Gasteiger partial charge in [-0.05, 0) is 80.4 Å². The largest absolute Gasteiger partial charge is 0.322 e. The molecule has 0 unspecified atom stereocenters. The second kappa shape index (κ2) is 11.9. The third-order valence-electron chi connectivity index (χ3n) is 6.18. The molecule has 9 heteroatoms. The summed E-state index contributed by atoms with van der Waals surface area (Å²) in [5.74, 6) is -0.828. The van der Waals surface area contributed by atoms with Crippen LogP contribution in [0.3, 0.4) is 0 Å². The van der Waals surface area contributed by atoms with Crippen LogP contribution < -0.4 is 10.7 Å². The van der Waals surface area contributed by atoms with E-state index in [-0.39, 0.29) is 23.5 Å². The molecule has 2 aromatic carbocycles. The van der Waals surface area contributed by atoms with E-state index in [2.05, 4.69) is 25.7 Å². The summed E-state index contributed by atoms with van der Waals surface area (Å²) in [6.45, 7) is 3.92. The van der Waals surface area contributed by atoms with Crippen molar-refractivity contribution in [3.8, 4) is 0 Å². The van der Waals surface area contributed by atoms with Crippen molar-refractivity contribution in [2.24, 2.45) is 11.0 Å². The highest BCUT2D eigenvalue weighted by molar-refractivity contribution is 6.31. The van der Waals surface area contributed by atoms with Crippen LogP contribution >= 0.6 is 11.6 Å². The van der Waals surface area contributed by atoms with Gasteiger partial charge in [-0.25, -0.2) is 9.82 Å². The number of pyridine rings is 1. The minimum Gasteiger partial charge on any atom is -0.322 e. The third kappa shape index (κ3) is 6.74. The Morgan fingerprint density at radius 2 is 1.83 bits per heavy atom. The molecule has 1 fully saturated rings. The Kier molecular flexibility index (Phi) is 8.40. The smallest absolute Gasteiger partial charge is 0.255 e. The van der Waals surface area contributed by atoms with Crippen LogP contribution in [-0.2, 0) is 11.3 Å². The SMILES string of the molecule is C/C(=N/NC(=O)C1CCN(Cc2ccc(F)cc2Cl)CC1)c1cccc(NC(=O)c2ccncc2)c1. The van der Waals surface area contributed by atoms with Gasteiger partial charge in [-0.15, -0.1) is 0 Å². The van der Waals surface area contributed by atoms with Crippen molar-refractivity contribution in [1.29, 1.82) is 0 Å². The number of likely N-dealkylation sites (tertiary alicyclic amines) is 1. The first kappa shape index (κ1) is 25.5. The molecule has 3 aromatic rings. The molecule has 2 amide bonds. The van der Waals surface area contributed by atoms with Crippen molar-refractivity contribution < 1.29 is 14.0 Å². The molecule has 2 N–H and O–H groups in total. The van der Waals surface area contributed by atoms with Crippen LogP contribution in [0, 0.1) is 11.7 Å². The second-order valence-corrected chi connectivity index (χ2v) is 9.14. The number of anilines is 1. The Bertz CT molecular complexity index is 1260. The van der Waals surface area contributed by atoms with Crippen molar-refractivity contribution >= 4 is 34.8 Å². The summed E-state index contributed by atoms with van der Waals surface area (Å²) in [7, 11) is 0. The fourth-order valence-electron chi connectivity index (χ4n) is 4.07. The lowest BCUT2D eigenvalue weighted by Crippen LogP contribution is -2.39. The molecule has 0 radical (unpaired) electrons. The number of hydrogen-bond acceptors (Lipinski definition) is 5. The van der Waals surface area contributed by atoms with Gasteiger partial charge in [-0.3, -0.25) is 19.5 Å². The fourth-order valence-corrected chi connectivity index (χ4v) is 4.29. The van der Waals surface area contributed by atoms with Crippen molar-refractivity contribution in [2.45, 2.75) is 26.3 Å². The number of rotatable bonds is 7. The average Bonchev–Trinajstić information content (AvgIpc) is 2.89. The maximum absolute atomic E-state index is 13.3. The van der Waals surface area contributed by atoms with E-state index in [9.17, 15) is 14.0 Å². The number of nitrogens with one attached hydrogen (secondary N) is 2. The summed E-state index contributed by atoms with van der Waals surface area (Å²) >= 11 is 6.14. The van der Waals surface area contributed by atoms with E-state index in [1.807, 2.05) is 18.2 Å². The van der Waals surface area contributed by atoms with Gasteiger partial charge in [0.25, 0.3) is 5.91 Å². The summed E-state index contributed by atoms with van der Waals surface area (Å²) in [4.78, 5) is 31.2. The first-order chi connectivity index (χ1) is 17.4. The highest BCUT2D eigenvalue weighted by Crippen LogP contribution is 2.23. The lowest BCUT2D eigenvalue weighted by molar-refractivity contribution is -0.126. The van der Waals surface area contributed by atoms with Gasteiger partial charge in [0, 0.05) is 41.1 Å². The molecule has 0 spiro atoms. The van der Waals surface area contributed by atoms with Crippen molar-refractivity contribution in [3.63, 3.8) is 0 Å². The number of hydrogen-bond donors (Lipinski definition) is 2. The quantitative estimate of drug-likeness (QED) is 0.352. The summed E-state index contributed by atoms with van der Waals surface area (Å²) in [5, 5.41) is 7.56. The van der Waals surface area contributed by atoms with Crippen LogP contribution in [0.4, 0.5) is 10.1 Å². The normalized spacial score (nSPS) is 14.9. The van der Waals surface area contributed by atoms with Crippen molar-refractivity contribution in [3.05, 3.63) is 94.5 Å².